The summed E-state index contributed by atoms with van der Waals surface area (Å²) in [5.41, 5.74) is -0.208. The molecule has 1 aliphatic rings. The Morgan fingerprint density at radius 1 is 1.31 bits per heavy atom. The summed E-state index contributed by atoms with van der Waals surface area (Å²) in [7, 11) is 0. The van der Waals surface area contributed by atoms with E-state index >= 15 is 0 Å². The van der Waals surface area contributed by atoms with Crippen LogP contribution in [0.4, 0.5) is 0 Å². The highest BCUT2D eigenvalue weighted by atomic mass is 16.3. The zero-order valence-electron chi connectivity index (χ0n) is 10.8. The molecule has 3 nitrogen and oxygen atoms in total. The third kappa shape index (κ3) is 3.21. The number of aliphatic hydroxyl groups is 1. The van der Waals surface area contributed by atoms with Gasteiger partial charge < -0.3 is 10.4 Å². The minimum absolute atomic E-state index is 0.0273. The van der Waals surface area contributed by atoms with Gasteiger partial charge in [-0.3, -0.25) is 4.79 Å². The molecule has 1 atom stereocenters. The summed E-state index contributed by atoms with van der Waals surface area (Å²) in [5.74, 6) is 0.404. The lowest BCUT2D eigenvalue weighted by molar-refractivity contribution is -0.133. The van der Waals surface area contributed by atoms with Crippen LogP contribution in [0.1, 0.15) is 52.9 Å². The van der Waals surface area contributed by atoms with Gasteiger partial charge in [0.1, 0.15) is 0 Å². The number of hydrogen-bond acceptors (Lipinski definition) is 2. The van der Waals surface area contributed by atoms with E-state index in [1.54, 1.807) is 0 Å². The van der Waals surface area contributed by atoms with Crippen LogP contribution >= 0.6 is 0 Å². The highest BCUT2D eigenvalue weighted by Crippen LogP contribution is 2.36. The van der Waals surface area contributed by atoms with Gasteiger partial charge in [0.25, 0.3) is 0 Å². The topological polar surface area (TPSA) is 49.3 Å². The molecule has 1 unspecified atom stereocenters. The molecular weight excluding hydrogens is 202 g/mol. The second-order valence-corrected chi connectivity index (χ2v) is 5.63. The SMILES string of the molecule is CC(C)C(CO)NC(=O)C1(C)CCCCC1. The Labute approximate surface area is 98.6 Å². The highest BCUT2D eigenvalue weighted by molar-refractivity contribution is 5.82. The summed E-state index contributed by atoms with van der Waals surface area (Å²) < 4.78 is 0. The lowest BCUT2D eigenvalue weighted by Crippen LogP contribution is -2.48. The first kappa shape index (κ1) is 13.5. The maximum atomic E-state index is 12.2. The van der Waals surface area contributed by atoms with Crippen molar-refractivity contribution >= 4 is 5.91 Å². The first-order valence-electron chi connectivity index (χ1n) is 6.41. The lowest BCUT2D eigenvalue weighted by atomic mass is 9.75. The Morgan fingerprint density at radius 3 is 2.31 bits per heavy atom. The summed E-state index contributed by atoms with van der Waals surface area (Å²) in [6.07, 6.45) is 5.51. The number of carbonyl (C=O) groups excluding carboxylic acids is 1. The van der Waals surface area contributed by atoms with Gasteiger partial charge in [-0.25, -0.2) is 0 Å². The average Bonchev–Trinajstić information content (AvgIpc) is 2.26. The predicted octanol–water partition coefficient (Wildman–Crippen LogP) is 2.09. The Kier molecular flexibility index (Phi) is 4.78. The van der Waals surface area contributed by atoms with Crippen molar-refractivity contribution in [3.8, 4) is 0 Å². The molecule has 94 valence electrons. The van der Waals surface area contributed by atoms with Crippen LogP contribution in [0.15, 0.2) is 0 Å². The minimum atomic E-state index is -0.208. The molecule has 0 aromatic rings. The summed E-state index contributed by atoms with van der Waals surface area (Å²) in [4.78, 5) is 12.2. The molecule has 16 heavy (non-hydrogen) atoms. The zero-order valence-corrected chi connectivity index (χ0v) is 10.8. The molecule has 1 saturated carbocycles. The molecular formula is C13H25NO2. The van der Waals surface area contributed by atoms with E-state index in [2.05, 4.69) is 12.2 Å². The molecule has 0 aliphatic heterocycles. The van der Waals surface area contributed by atoms with Gasteiger partial charge in [-0.1, -0.05) is 40.0 Å². The van der Waals surface area contributed by atoms with Crippen LogP contribution in [0.5, 0.6) is 0 Å². The van der Waals surface area contributed by atoms with Gasteiger partial charge in [-0.05, 0) is 18.8 Å². The number of carbonyl (C=O) groups is 1. The molecule has 0 heterocycles. The van der Waals surface area contributed by atoms with Crippen molar-refractivity contribution in [1.29, 1.82) is 0 Å². The van der Waals surface area contributed by atoms with Gasteiger partial charge in [-0.2, -0.15) is 0 Å². The first-order chi connectivity index (χ1) is 7.49. The van der Waals surface area contributed by atoms with Gasteiger partial charge in [0.05, 0.1) is 12.6 Å². The van der Waals surface area contributed by atoms with Crippen molar-refractivity contribution in [2.45, 2.75) is 58.9 Å². The van der Waals surface area contributed by atoms with Crippen LogP contribution in [0, 0.1) is 11.3 Å². The van der Waals surface area contributed by atoms with E-state index in [9.17, 15) is 9.90 Å². The fourth-order valence-electron chi connectivity index (χ4n) is 2.32. The van der Waals surface area contributed by atoms with Gasteiger partial charge in [0, 0.05) is 5.41 Å². The van der Waals surface area contributed by atoms with E-state index < -0.39 is 0 Å². The molecule has 1 fully saturated rings. The molecule has 1 aliphatic carbocycles. The highest BCUT2D eigenvalue weighted by Gasteiger charge is 2.35. The molecule has 0 radical (unpaired) electrons. The van der Waals surface area contributed by atoms with Crippen LogP contribution in [-0.2, 0) is 4.79 Å². The van der Waals surface area contributed by atoms with Crippen molar-refractivity contribution in [3.63, 3.8) is 0 Å². The monoisotopic (exact) mass is 227 g/mol. The third-order valence-electron chi connectivity index (χ3n) is 3.82. The average molecular weight is 227 g/mol. The van der Waals surface area contributed by atoms with E-state index in [4.69, 9.17) is 0 Å². The van der Waals surface area contributed by atoms with E-state index in [1.807, 2.05) is 13.8 Å². The fourth-order valence-corrected chi connectivity index (χ4v) is 2.32. The van der Waals surface area contributed by atoms with Crippen molar-refractivity contribution < 1.29 is 9.90 Å². The van der Waals surface area contributed by atoms with Gasteiger partial charge in [0.2, 0.25) is 5.91 Å². The van der Waals surface area contributed by atoms with Gasteiger partial charge in [-0.15, -0.1) is 0 Å². The number of hydrogen-bond donors (Lipinski definition) is 2. The molecule has 2 N–H and O–H groups in total. The number of nitrogens with one attached hydrogen (secondary N) is 1. The van der Waals surface area contributed by atoms with E-state index in [0.29, 0.717) is 0 Å². The number of amides is 1. The van der Waals surface area contributed by atoms with E-state index in [1.165, 1.54) is 6.42 Å². The number of rotatable bonds is 4. The largest absolute Gasteiger partial charge is 0.394 e. The van der Waals surface area contributed by atoms with Crippen LogP contribution in [0.3, 0.4) is 0 Å². The molecule has 0 aromatic heterocycles. The second-order valence-electron chi connectivity index (χ2n) is 5.63. The van der Waals surface area contributed by atoms with Crippen molar-refractivity contribution in [1.82, 2.24) is 5.32 Å². The Hall–Kier alpha value is -0.570. The smallest absolute Gasteiger partial charge is 0.226 e. The maximum absolute atomic E-state index is 12.2. The summed E-state index contributed by atoms with van der Waals surface area (Å²) in [5, 5.41) is 12.2. The molecule has 0 aromatic carbocycles. The predicted molar refractivity (Wildman–Crippen MR) is 65.0 cm³/mol. The van der Waals surface area contributed by atoms with Crippen molar-refractivity contribution in [2.75, 3.05) is 6.61 Å². The van der Waals surface area contributed by atoms with Crippen LogP contribution in [-0.4, -0.2) is 23.7 Å². The summed E-state index contributed by atoms with van der Waals surface area (Å²) >= 11 is 0. The standard InChI is InChI=1S/C13H25NO2/c1-10(2)11(9-15)14-12(16)13(3)7-5-4-6-8-13/h10-11,15H,4-9H2,1-3H3,(H,14,16). The van der Waals surface area contributed by atoms with Crippen LogP contribution in [0.2, 0.25) is 0 Å². The lowest BCUT2D eigenvalue weighted by Gasteiger charge is -2.34. The van der Waals surface area contributed by atoms with E-state index in [-0.39, 0.29) is 29.9 Å². The van der Waals surface area contributed by atoms with Crippen molar-refractivity contribution in [3.05, 3.63) is 0 Å². The Morgan fingerprint density at radius 2 is 1.88 bits per heavy atom. The normalized spacial score (nSPS) is 21.8. The minimum Gasteiger partial charge on any atom is -0.394 e. The van der Waals surface area contributed by atoms with Crippen LogP contribution < -0.4 is 5.32 Å². The quantitative estimate of drug-likeness (QED) is 0.772. The Bertz CT molecular complexity index is 232. The molecule has 0 bridgehead atoms. The molecule has 1 rings (SSSR count). The number of aliphatic hydroxyl groups excluding tert-OH is 1. The molecule has 0 saturated heterocycles. The third-order valence-corrected chi connectivity index (χ3v) is 3.82. The second kappa shape index (κ2) is 5.67. The Balaban J connectivity index is 2.55. The maximum Gasteiger partial charge on any atom is 0.226 e. The zero-order chi connectivity index (χ0) is 12.2. The van der Waals surface area contributed by atoms with Gasteiger partial charge in [0.15, 0.2) is 0 Å². The molecule has 3 heteroatoms. The summed E-state index contributed by atoms with van der Waals surface area (Å²) in [6.45, 7) is 6.12. The van der Waals surface area contributed by atoms with E-state index in [0.717, 1.165) is 25.7 Å². The fraction of sp³-hybridized carbons (Fsp3) is 0.923. The van der Waals surface area contributed by atoms with Crippen LogP contribution in [0.25, 0.3) is 0 Å². The molecule has 1 amide bonds. The first-order valence-corrected chi connectivity index (χ1v) is 6.41. The van der Waals surface area contributed by atoms with Crippen molar-refractivity contribution in [2.24, 2.45) is 11.3 Å². The summed E-state index contributed by atoms with van der Waals surface area (Å²) in [6, 6.07) is -0.105. The molecule has 0 spiro atoms. The van der Waals surface area contributed by atoms with Gasteiger partial charge >= 0.3 is 0 Å².